The van der Waals surface area contributed by atoms with E-state index >= 15 is 0 Å². The predicted molar refractivity (Wildman–Crippen MR) is 232 cm³/mol. The monoisotopic (exact) mass is 716 g/mol. The Morgan fingerprint density at radius 3 is 2.00 bits per heavy atom. The Balaban J connectivity index is 1.27. The number of pyridine rings is 2. The molecule has 0 amide bonds. The molecule has 0 atom stereocenters. The molecule has 5 heterocycles. The highest BCUT2D eigenvalue weighted by atomic mass is 32.1. The molecule has 8 aromatic rings. The molecule has 0 radical (unpaired) electrons. The first kappa shape index (κ1) is 32.9. The molecule has 3 aromatic heterocycles. The zero-order valence-corrected chi connectivity index (χ0v) is 32.4. The van der Waals surface area contributed by atoms with Crippen molar-refractivity contribution in [1.82, 2.24) is 9.97 Å². The molecular weight excluding hydrogens is 675 g/mol. The van der Waals surface area contributed by atoms with Crippen LogP contribution >= 0.6 is 11.3 Å². The molecule has 0 saturated carbocycles. The van der Waals surface area contributed by atoms with Gasteiger partial charge in [-0.1, -0.05) is 114 Å². The molecule has 2 aliphatic heterocycles. The van der Waals surface area contributed by atoms with Crippen LogP contribution in [0.5, 0.6) is 0 Å². The summed E-state index contributed by atoms with van der Waals surface area (Å²) in [6.07, 6.45) is 8.06. The minimum absolute atomic E-state index is 0.00878. The maximum Gasteiger partial charge on any atom is 0.264 e. The number of rotatable bonds is 3. The van der Waals surface area contributed by atoms with E-state index in [0.717, 1.165) is 28.1 Å². The largest absolute Gasteiger partial charge is 0.309 e. The van der Waals surface area contributed by atoms with Gasteiger partial charge in [-0.05, 0) is 86.5 Å². The third-order valence-corrected chi connectivity index (χ3v) is 12.5. The Kier molecular flexibility index (Phi) is 7.25. The third kappa shape index (κ3) is 5.04. The van der Waals surface area contributed by atoms with Gasteiger partial charge in [0.2, 0.25) is 0 Å². The van der Waals surface area contributed by atoms with E-state index in [9.17, 15) is 0 Å². The number of hydrogen-bond acceptors (Lipinski definition) is 5. The van der Waals surface area contributed by atoms with Crippen molar-refractivity contribution in [1.29, 1.82) is 0 Å². The number of nitrogens with zero attached hydrogens (tertiary/aromatic N) is 4. The van der Waals surface area contributed by atoms with Gasteiger partial charge in [0, 0.05) is 55.1 Å². The molecule has 0 unspecified atom stereocenters. The van der Waals surface area contributed by atoms with Gasteiger partial charge < -0.3 is 9.80 Å². The van der Waals surface area contributed by atoms with E-state index in [0.29, 0.717) is 0 Å². The van der Waals surface area contributed by atoms with Crippen molar-refractivity contribution < 1.29 is 0 Å². The van der Waals surface area contributed by atoms with Gasteiger partial charge in [-0.2, -0.15) is 0 Å². The van der Waals surface area contributed by atoms with Crippen LogP contribution in [0, 0.1) is 0 Å². The number of benzene rings is 5. The fourth-order valence-corrected chi connectivity index (χ4v) is 9.82. The number of para-hydroxylation sites is 1. The normalized spacial score (nSPS) is 13.6. The van der Waals surface area contributed by atoms with Gasteiger partial charge in [-0.3, -0.25) is 9.97 Å². The van der Waals surface area contributed by atoms with Gasteiger partial charge >= 0.3 is 0 Å². The summed E-state index contributed by atoms with van der Waals surface area (Å²) >= 11 is 1.93. The summed E-state index contributed by atoms with van der Waals surface area (Å²) in [5.74, 6) is 0. The van der Waals surface area contributed by atoms with E-state index in [4.69, 9.17) is 4.98 Å². The second-order valence-corrected chi connectivity index (χ2v) is 17.9. The number of hydrogen-bond donors (Lipinski definition) is 0. The molecule has 2 aliphatic rings. The van der Waals surface area contributed by atoms with Crippen molar-refractivity contribution in [2.75, 3.05) is 9.80 Å². The summed E-state index contributed by atoms with van der Waals surface area (Å²) in [5.41, 5.74) is 14.7. The van der Waals surface area contributed by atoms with Crippen molar-refractivity contribution in [2.45, 2.75) is 52.4 Å². The molecule has 0 fully saturated rings. The zero-order chi connectivity index (χ0) is 36.9. The fraction of sp³-hybridized carbons (Fsp3) is 0.167. The lowest BCUT2D eigenvalue weighted by Crippen LogP contribution is -2.60. The third-order valence-electron chi connectivity index (χ3n) is 11.3. The lowest BCUT2D eigenvalue weighted by atomic mass is 9.36. The summed E-state index contributed by atoms with van der Waals surface area (Å²) < 4.78 is 2.66. The minimum Gasteiger partial charge on any atom is -0.309 e. The highest BCUT2D eigenvalue weighted by Crippen LogP contribution is 2.49. The van der Waals surface area contributed by atoms with Gasteiger partial charge in [0.05, 0.1) is 29.5 Å². The molecular formula is C48H41BN4S. The summed E-state index contributed by atoms with van der Waals surface area (Å²) in [5, 5.41) is 3.60. The summed E-state index contributed by atoms with van der Waals surface area (Å²) in [4.78, 5) is 14.5. The molecule has 0 saturated heterocycles. The molecule has 0 N–H and O–H groups in total. The molecule has 0 spiro atoms. The second kappa shape index (κ2) is 11.9. The summed E-state index contributed by atoms with van der Waals surface area (Å²) in [7, 11) is 0. The first-order valence-electron chi connectivity index (χ1n) is 18.8. The smallest absolute Gasteiger partial charge is 0.264 e. The van der Waals surface area contributed by atoms with Crippen molar-refractivity contribution in [3.05, 3.63) is 151 Å². The number of anilines is 6. The topological polar surface area (TPSA) is 32.3 Å². The van der Waals surface area contributed by atoms with E-state index in [1.165, 1.54) is 64.8 Å². The van der Waals surface area contributed by atoms with E-state index in [-0.39, 0.29) is 17.5 Å². The predicted octanol–water partition coefficient (Wildman–Crippen LogP) is 11.2. The van der Waals surface area contributed by atoms with Crippen LogP contribution in [0.3, 0.4) is 0 Å². The average molecular weight is 717 g/mol. The fourth-order valence-electron chi connectivity index (χ4n) is 8.52. The van der Waals surface area contributed by atoms with Crippen molar-refractivity contribution in [2.24, 2.45) is 0 Å². The zero-order valence-electron chi connectivity index (χ0n) is 31.6. The van der Waals surface area contributed by atoms with Crippen LogP contribution in [0.1, 0.15) is 52.7 Å². The maximum atomic E-state index is 5.06. The Morgan fingerprint density at radius 1 is 0.556 bits per heavy atom. The van der Waals surface area contributed by atoms with Crippen LogP contribution < -0.4 is 25.5 Å². The SMILES string of the molecule is CC(C)(C)c1ccc(-c2cccc(N3c4cncc5c4B(c4ccc6cnccc6c4N5c4ccccc4)c4sc5ccc(C(C)(C)C)cc5c43)c2)cc1. The molecule has 6 heteroatoms. The Bertz CT molecular complexity index is 2760. The van der Waals surface area contributed by atoms with Gasteiger partial charge in [0.15, 0.2) is 0 Å². The molecule has 54 heavy (non-hydrogen) atoms. The second-order valence-electron chi connectivity index (χ2n) is 16.8. The summed E-state index contributed by atoms with van der Waals surface area (Å²) in [6, 6.07) is 42.8. The van der Waals surface area contributed by atoms with Gasteiger partial charge in [0.1, 0.15) is 0 Å². The minimum atomic E-state index is 0.00878. The Hall–Kier alpha value is -5.72. The number of thiophene rings is 1. The van der Waals surface area contributed by atoms with Crippen LogP contribution in [-0.2, 0) is 10.8 Å². The van der Waals surface area contributed by atoms with Gasteiger partial charge in [-0.25, -0.2) is 0 Å². The van der Waals surface area contributed by atoms with Crippen molar-refractivity contribution in [3.63, 3.8) is 0 Å². The molecule has 10 rings (SSSR count). The van der Waals surface area contributed by atoms with E-state index < -0.39 is 0 Å². The number of fused-ring (bicyclic) bond motifs is 8. The summed E-state index contributed by atoms with van der Waals surface area (Å²) in [6.45, 7) is 13.8. The van der Waals surface area contributed by atoms with Gasteiger partial charge in [-0.15, -0.1) is 11.3 Å². The number of aromatic nitrogens is 2. The van der Waals surface area contributed by atoms with Crippen LogP contribution in [0.25, 0.3) is 32.0 Å². The average Bonchev–Trinajstić information content (AvgIpc) is 3.56. The maximum absolute atomic E-state index is 5.06. The molecule has 0 bridgehead atoms. The Labute approximate surface area is 321 Å². The van der Waals surface area contributed by atoms with Crippen LogP contribution in [0.2, 0.25) is 0 Å². The van der Waals surface area contributed by atoms with E-state index in [1.54, 1.807) is 0 Å². The van der Waals surface area contributed by atoms with Crippen molar-refractivity contribution in [3.8, 4) is 11.1 Å². The standard InChI is InChI=1S/C48H41BN4S/c1-47(2,3)33-18-15-30(16-19-33)31-11-10-14-36(25-31)53-41-29-51-28-40-43(41)49(46-45(53)38-26-34(48(4,5)6)20-22-42(38)54-46)39-21-17-32-27-50-24-23-37(32)44(39)52(40)35-12-8-7-9-13-35/h7-29H,1-6H3. The highest BCUT2D eigenvalue weighted by molar-refractivity contribution is 7.33. The van der Waals surface area contributed by atoms with Crippen LogP contribution in [0.15, 0.2) is 140 Å². The van der Waals surface area contributed by atoms with E-state index in [2.05, 4.69) is 184 Å². The molecule has 262 valence electrons. The van der Waals surface area contributed by atoms with Gasteiger partial charge in [0.25, 0.3) is 6.71 Å². The molecule has 5 aromatic carbocycles. The van der Waals surface area contributed by atoms with Crippen LogP contribution in [-0.4, -0.2) is 16.7 Å². The molecule has 4 nitrogen and oxygen atoms in total. The highest BCUT2D eigenvalue weighted by Gasteiger charge is 2.46. The molecule has 0 aliphatic carbocycles. The lowest BCUT2D eigenvalue weighted by molar-refractivity contribution is 0.590. The first-order valence-corrected chi connectivity index (χ1v) is 19.7. The Morgan fingerprint density at radius 2 is 1.26 bits per heavy atom. The van der Waals surface area contributed by atoms with Crippen LogP contribution in [0.4, 0.5) is 34.1 Å². The lowest BCUT2D eigenvalue weighted by Gasteiger charge is -2.43. The van der Waals surface area contributed by atoms with E-state index in [1.807, 2.05) is 23.7 Å². The quantitative estimate of drug-likeness (QED) is 0.170. The van der Waals surface area contributed by atoms with Crippen molar-refractivity contribution >= 4 is 88.7 Å². The first-order chi connectivity index (χ1) is 26.1.